The van der Waals surface area contributed by atoms with E-state index in [1.807, 2.05) is 261 Å². The van der Waals surface area contributed by atoms with Gasteiger partial charge < -0.3 is 44.7 Å². The third-order valence-corrected chi connectivity index (χ3v) is 18.4. The Balaban J connectivity index is 0.000000219. The van der Waals surface area contributed by atoms with E-state index >= 15 is 0 Å². The molecule has 0 atom stereocenters. The predicted octanol–water partition coefficient (Wildman–Crippen LogP) is 26.1. The number of aromatic nitrogens is 6. The molecule has 13 nitrogen and oxygen atoms in total. The molecule has 19 rings (SSSR count). The first-order valence-electron chi connectivity index (χ1n) is 38.0. The summed E-state index contributed by atoms with van der Waals surface area (Å²) in [6.45, 7) is 8.54. The van der Waals surface area contributed by atoms with Crippen LogP contribution in [0.5, 0.6) is 0 Å². The number of aliphatic hydroxyl groups excluding tert-OH is 3. The minimum atomic E-state index is -0.125. The predicted molar refractivity (Wildman–Crippen MR) is 485 cm³/mol. The molecule has 19 aromatic rings. The van der Waals surface area contributed by atoms with Gasteiger partial charge in [-0.15, -0.1) is 209 Å². The van der Waals surface area contributed by atoms with Crippen LogP contribution in [-0.4, -0.2) is 62.6 Å². The Morgan fingerprint density at radius 3 is 1.15 bits per heavy atom. The Bertz CT molecular complexity index is 6370. The zero-order valence-electron chi connectivity index (χ0n) is 68.0. The number of allylic oxidation sites excluding steroid dienone is 6. The van der Waals surface area contributed by atoms with Crippen molar-refractivity contribution in [2.75, 3.05) is 0 Å². The number of carbonyl (C=O) groups is 3. The molecule has 8 heterocycles. The summed E-state index contributed by atoms with van der Waals surface area (Å²) in [4.78, 5) is 56.7. The number of rotatable bonds is 9. The Kier molecular flexibility index (Phi) is 43.2. The average molecular weight is 2530 g/mol. The zero-order chi connectivity index (χ0) is 83.5. The van der Waals surface area contributed by atoms with E-state index in [0.29, 0.717) is 0 Å². The summed E-state index contributed by atoms with van der Waals surface area (Å²) >= 11 is 1.80. The molecule has 0 fully saturated rings. The smallest absolute Gasteiger partial charge is 0.155 e. The largest absolute Gasteiger partial charge is 0.512 e. The summed E-state index contributed by atoms with van der Waals surface area (Å²) in [6.07, 6.45) is 12.6. The fourth-order valence-electron chi connectivity index (χ4n) is 12.2. The van der Waals surface area contributed by atoms with Crippen molar-refractivity contribution in [3.8, 4) is 67.5 Å². The fraction of sp³-hybridized carbons (Fsp3) is 0.0571. The van der Waals surface area contributed by atoms with Crippen molar-refractivity contribution in [2.24, 2.45) is 0 Å². The summed E-state index contributed by atoms with van der Waals surface area (Å²) in [5.74, 6) is -0.187. The molecule has 0 saturated carbocycles. The van der Waals surface area contributed by atoms with E-state index in [-0.39, 0.29) is 135 Å². The number of fused-ring (bicyclic) bond motifs is 9. The number of para-hydroxylation sites is 2. The molecule has 0 aliphatic carbocycles. The van der Waals surface area contributed by atoms with E-state index in [4.69, 9.17) is 19.7 Å². The molecule has 11 aromatic carbocycles. The second-order valence-electron chi connectivity index (χ2n) is 26.5. The van der Waals surface area contributed by atoms with Gasteiger partial charge in [0.1, 0.15) is 5.58 Å². The van der Waals surface area contributed by atoms with Gasteiger partial charge in [0.05, 0.1) is 28.4 Å². The molecule has 0 aliphatic rings. The van der Waals surface area contributed by atoms with E-state index < -0.39 is 0 Å². The number of benzene rings is 11. The van der Waals surface area contributed by atoms with Crippen LogP contribution in [0, 0.1) is 36.4 Å². The third kappa shape index (κ3) is 30.5. The number of hydrogen-bond acceptors (Lipinski definition) is 14. The monoisotopic (exact) mass is 2540 g/mol. The first-order valence-corrected chi connectivity index (χ1v) is 38.8. The number of hydrogen-bond donors (Lipinski definition) is 3. The van der Waals surface area contributed by atoms with Gasteiger partial charge in [-0.25, -0.2) is 0 Å². The maximum atomic E-state index is 10.0. The van der Waals surface area contributed by atoms with Gasteiger partial charge in [-0.2, -0.15) is 0 Å². The zero-order valence-corrected chi connectivity index (χ0v) is 80.7. The van der Waals surface area contributed by atoms with Crippen LogP contribution in [-0.2, 0) is 115 Å². The second-order valence-corrected chi connectivity index (χ2v) is 27.6. The van der Waals surface area contributed by atoms with Crippen LogP contribution < -0.4 is 0 Å². The van der Waals surface area contributed by atoms with Gasteiger partial charge in [0.25, 0.3) is 0 Å². The number of furan rings is 1. The summed E-state index contributed by atoms with van der Waals surface area (Å²) in [5.41, 5.74) is 14.8. The number of carbonyl (C=O) groups excluding carboxylic acids is 3. The van der Waals surface area contributed by atoms with Crippen LogP contribution in [0.15, 0.2) is 392 Å². The molecule has 0 aliphatic heterocycles. The third-order valence-electron chi connectivity index (χ3n) is 17.3. The summed E-state index contributed by atoms with van der Waals surface area (Å²) in [6, 6.07) is 126. The molecule has 124 heavy (non-hydrogen) atoms. The van der Waals surface area contributed by atoms with Gasteiger partial charge in [0, 0.05) is 165 Å². The van der Waals surface area contributed by atoms with Gasteiger partial charge in [-0.3, -0.25) is 19.4 Å². The topological polar surface area (TPSA) is 202 Å². The van der Waals surface area contributed by atoms with Crippen LogP contribution in [0.2, 0.25) is 0 Å². The average Bonchev–Trinajstić information content (AvgIpc) is 1.61. The Morgan fingerprint density at radius 2 is 0.694 bits per heavy atom. The Hall–Kier alpha value is -12.0. The number of aliphatic hydroxyl groups is 3. The number of thiophene rings is 1. The Morgan fingerprint density at radius 1 is 0.306 bits per heavy atom. The van der Waals surface area contributed by atoms with Crippen LogP contribution >= 0.6 is 11.3 Å². The van der Waals surface area contributed by atoms with E-state index in [1.165, 1.54) is 107 Å². The molecule has 0 unspecified atom stereocenters. The minimum Gasteiger partial charge on any atom is -0.512 e. The first kappa shape index (κ1) is 101. The number of nitrogens with zero attached hydrogens (tertiary/aromatic N) is 6. The van der Waals surface area contributed by atoms with Crippen molar-refractivity contribution >= 4 is 103 Å². The molecular weight excluding hydrogens is 2450 g/mol. The first-order chi connectivity index (χ1) is 58.0. The number of ketones is 3. The van der Waals surface area contributed by atoms with Crippen molar-refractivity contribution in [2.45, 2.75) is 41.5 Å². The van der Waals surface area contributed by atoms with Gasteiger partial charge >= 0.3 is 0 Å². The van der Waals surface area contributed by atoms with Crippen molar-refractivity contribution in [1.29, 1.82) is 0 Å². The standard InChI is InChI=1S/C17H10NO.C17H10NS.3C15H10N.C11H8N.3C5H8O2.5Ir/c1-2-7-16-13(5-1)14-9-8-12(11-17(14)19-16)15-6-3-4-10-18-15;1-2-6-12(7-3-1)16-17-14(10-11-18-16)13-8-4-5-9-15(13)19-17;2*1-2-7-13(8-3-1)15-14-9-5-4-6-12(14)10-11-16-15;1-2-6-12(7-3-1)15-11-10-13-8-4-5-9-14(13)16-15;1-2-6-10(7-3-1)11-8-4-5-9-12-11;3*1-4(6)3-5(2)7;;;;;/h1-7,9-11H;1-6,8-11H;2*1-7,9-11H;1-6,8-11H;1-6,8-9H;3*3,6H,1-2H3;;;;;/q6*-1;;;;;;;;. The van der Waals surface area contributed by atoms with E-state index in [0.717, 1.165) is 95.0 Å². The summed E-state index contributed by atoms with van der Waals surface area (Å²) < 4.78 is 8.42. The van der Waals surface area contributed by atoms with Crippen LogP contribution in [0.1, 0.15) is 41.5 Å². The van der Waals surface area contributed by atoms with Gasteiger partial charge in [-0.1, -0.05) is 151 Å². The maximum Gasteiger partial charge on any atom is 0.155 e. The fourth-order valence-corrected chi connectivity index (χ4v) is 13.4. The second kappa shape index (κ2) is 53.1. The van der Waals surface area contributed by atoms with Gasteiger partial charge in [-0.05, 0) is 162 Å². The molecule has 0 saturated heterocycles. The van der Waals surface area contributed by atoms with E-state index in [9.17, 15) is 14.4 Å². The minimum absolute atomic E-state index is 0. The molecule has 0 amide bonds. The van der Waals surface area contributed by atoms with Gasteiger partial charge in [0.2, 0.25) is 0 Å². The van der Waals surface area contributed by atoms with Crippen LogP contribution in [0.25, 0.3) is 142 Å². The van der Waals surface area contributed by atoms with Crippen molar-refractivity contribution < 1.29 is 135 Å². The number of pyridine rings is 6. The van der Waals surface area contributed by atoms with E-state index in [2.05, 4.69) is 145 Å². The normalized spacial score (nSPS) is 10.4. The van der Waals surface area contributed by atoms with Crippen LogP contribution in [0.3, 0.4) is 0 Å². The molecule has 19 heteroatoms. The molecule has 0 spiro atoms. The molecule has 8 aromatic heterocycles. The summed E-state index contributed by atoms with van der Waals surface area (Å²) in [5, 5.41) is 35.8. The van der Waals surface area contributed by atoms with Crippen molar-refractivity contribution in [3.05, 3.63) is 424 Å². The molecule has 0 bridgehead atoms. The molecule has 631 valence electrons. The van der Waals surface area contributed by atoms with Crippen LogP contribution in [0.4, 0.5) is 0 Å². The Labute approximate surface area is 793 Å². The molecule has 3 N–H and O–H groups in total. The molecule has 5 radical (unpaired) electrons. The summed E-state index contributed by atoms with van der Waals surface area (Å²) in [7, 11) is 0. The van der Waals surface area contributed by atoms with Crippen molar-refractivity contribution in [3.63, 3.8) is 0 Å². The van der Waals surface area contributed by atoms with Crippen molar-refractivity contribution in [1.82, 2.24) is 29.9 Å². The SMILES string of the molecule is CC(=O)C=C(C)O.CC(=O)C=C(C)O.CC(=O)C=C(C)O.[Ir].[Ir].[Ir].[Ir].[Ir].[c-]1cc2c(cc1-c1ccccn1)oc1ccccc12.[c-]1ccccc1-c1ccc2ccccc2n1.[c-]1ccccc1-c1ccccn1.[c-]1ccccc1-c1nccc2c1sc1ccccc12.[c-]1ccccc1-c1nccc2ccccc12.[c-]1ccccc1-c1nccc2ccccc12. The van der Waals surface area contributed by atoms with E-state index in [1.54, 1.807) is 23.7 Å². The quantitative estimate of drug-likeness (QED) is 0.0700. The molecular formula is C105H82Ir5N6O7S-6. The maximum absolute atomic E-state index is 10.0. The van der Waals surface area contributed by atoms with Gasteiger partial charge in [0.15, 0.2) is 17.3 Å².